The Bertz CT molecular complexity index is 595. The molecule has 6 heteroatoms. The van der Waals surface area contributed by atoms with E-state index in [4.69, 9.17) is 0 Å². The molecule has 1 saturated heterocycles. The maximum Gasteiger partial charge on any atom is 0.237 e. The van der Waals surface area contributed by atoms with Gasteiger partial charge in [-0.2, -0.15) is 0 Å². The number of fused-ring (bicyclic) bond motifs is 1. The molecule has 0 saturated carbocycles. The first-order valence-corrected chi connectivity index (χ1v) is 9.75. The predicted octanol–water partition coefficient (Wildman–Crippen LogP) is -0.0752. The van der Waals surface area contributed by atoms with E-state index in [0.29, 0.717) is 18.9 Å². The van der Waals surface area contributed by atoms with Gasteiger partial charge in [-0.1, -0.05) is 24.3 Å². The second-order valence-electron chi connectivity index (χ2n) is 7.58. The summed E-state index contributed by atoms with van der Waals surface area (Å²) in [6, 6.07) is 8.02. The van der Waals surface area contributed by atoms with Crippen LogP contribution in [-0.4, -0.2) is 72.5 Å². The molecule has 144 valence electrons. The summed E-state index contributed by atoms with van der Waals surface area (Å²) >= 11 is 0. The van der Waals surface area contributed by atoms with E-state index in [1.165, 1.54) is 11.1 Å². The van der Waals surface area contributed by atoms with Crippen LogP contribution in [0.5, 0.6) is 0 Å². The fraction of sp³-hybridized carbons (Fsp3) is 0.650. The van der Waals surface area contributed by atoms with Gasteiger partial charge in [-0.3, -0.25) is 4.79 Å². The van der Waals surface area contributed by atoms with E-state index in [1.807, 2.05) is 12.1 Å². The first-order chi connectivity index (χ1) is 12.7. The van der Waals surface area contributed by atoms with Gasteiger partial charge >= 0.3 is 0 Å². The van der Waals surface area contributed by atoms with Crippen LogP contribution in [0.2, 0.25) is 0 Å². The van der Waals surface area contributed by atoms with Gasteiger partial charge in [-0.25, -0.2) is 0 Å². The molecule has 26 heavy (non-hydrogen) atoms. The van der Waals surface area contributed by atoms with Crippen molar-refractivity contribution < 1.29 is 15.0 Å². The lowest BCUT2D eigenvalue weighted by Gasteiger charge is -2.33. The Kier molecular flexibility index (Phi) is 7.02. The van der Waals surface area contributed by atoms with E-state index in [9.17, 15) is 15.0 Å². The Hall–Kier alpha value is -1.47. The lowest BCUT2D eigenvalue weighted by Crippen LogP contribution is -2.49. The highest BCUT2D eigenvalue weighted by Gasteiger charge is 2.24. The fourth-order valence-electron chi connectivity index (χ4n) is 4.03. The fourth-order valence-corrected chi connectivity index (χ4v) is 4.03. The van der Waals surface area contributed by atoms with Crippen molar-refractivity contribution in [2.24, 2.45) is 5.92 Å². The molecule has 1 aromatic carbocycles. The Balaban J connectivity index is 1.44. The van der Waals surface area contributed by atoms with Crippen molar-refractivity contribution in [1.29, 1.82) is 0 Å². The number of β-amino-alcohol motifs (C(OH)–C–C–N with tert-alkyl or cyclic N) is 1. The predicted molar refractivity (Wildman–Crippen MR) is 101 cm³/mol. The van der Waals surface area contributed by atoms with Gasteiger partial charge in [-0.05, 0) is 55.8 Å². The molecule has 1 aromatic rings. The second kappa shape index (κ2) is 9.46. The number of carbonyl (C=O) groups is 1. The SMILES string of the molecule is O=C(NC[C@@H](O)CN1CCCC(CO)C1)C1Cc2ccccc2CCN1. The molecule has 1 fully saturated rings. The molecule has 0 aromatic heterocycles. The zero-order chi connectivity index (χ0) is 18.4. The van der Waals surface area contributed by atoms with Crippen LogP contribution in [0, 0.1) is 5.92 Å². The van der Waals surface area contributed by atoms with Crippen molar-refractivity contribution in [1.82, 2.24) is 15.5 Å². The summed E-state index contributed by atoms with van der Waals surface area (Å²) in [5.41, 5.74) is 2.53. The van der Waals surface area contributed by atoms with Crippen molar-refractivity contribution in [2.45, 2.75) is 37.8 Å². The molecule has 2 aliphatic heterocycles. The number of rotatable bonds is 6. The van der Waals surface area contributed by atoms with E-state index in [0.717, 1.165) is 38.9 Å². The lowest BCUT2D eigenvalue weighted by atomic mass is 9.99. The molecular weight excluding hydrogens is 330 g/mol. The summed E-state index contributed by atoms with van der Waals surface area (Å²) in [6.07, 6.45) is 3.13. The van der Waals surface area contributed by atoms with Crippen molar-refractivity contribution in [3.63, 3.8) is 0 Å². The molecular formula is C20H31N3O3. The number of hydrogen-bond donors (Lipinski definition) is 4. The normalized spacial score (nSPS) is 25.2. The number of carbonyl (C=O) groups excluding carboxylic acids is 1. The first kappa shape index (κ1) is 19.3. The molecule has 1 amide bonds. The van der Waals surface area contributed by atoms with Crippen LogP contribution in [0.3, 0.4) is 0 Å². The van der Waals surface area contributed by atoms with E-state index >= 15 is 0 Å². The third-order valence-electron chi connectivity index (χ3n) is 5.49. The summed E-state index contributed by atoms with van der Waals surface area (Å²) in [7, 11) is 0. The summed E-state index contributed by atoms with van der Waals surface area (Å²) in [4.78, 5) is 14.7. The van der Waals surface area contributed by atoms with Crippen LogP contribution >= 0.6 is 0 Å². The van der Waals surface area contributed by atoms with Gasteiger partial charge in [0, 0.05) is 26.2 Å². The molecule has 2 aliphatic rings. The van der Waals surface area contributed by atoms with Gasteiger partial charge in [0.2, 0.25) is 5.91 Å². The number of benzene rings is 1. The highest BCUT2D eigenvalue weighted by atomic mass is 16.3. The van der Waals surface area contributed by atoms with Crippen LogP contribution in [0.15, 0.2) is 24.3 Å². The van der Waals surface area contributed by atoms with Crippen LogP contribution in [-0.2, 0) is 17.6 Å². The zero-order valence-electron chi connectivity index (χ0n) is 15.4. The molecule has 0 aliphatic carbocycles. The molecule has 0 radical (unpaired) electrons. The minimum absolute atomic E-state index is 0.0485. The highest BCUT2D eigenvalue weighted by Crippen LogP contribution is 2.16. The number of aliphatic hydroxyl groups is 2. The van der Waals surface area contributed by atoms with Crippen molar-refractivity contribution >= 4 is 5.91 Å². The summed E-state index contributed by atoms with van der Waals surface area (Å²) < 4.78 is 0. The number of likely N-dealkylation sites (tertiary alicyclic amines) is 1. The van der Waals surface area contributed by atoms with Gasteiger partial charge in [0.25, 0.3) is 0 Å². The van der Waals surface area contributed by atoms with Crippen LogP contribution in [0.1, 0.15) is 24.0 Å². The Morgan fingerprint density at radius 1 is 1.35 bits per heavy atom. The van der Waals surface area contributed by atoms with E-state index < -0.39 is 6.10 Å². The minimum Gasteiger partial charge on any atom is -0.396 e. The monoisotopic (exact) mass is 361 g/mol. The standard InChI is InChI=1S/C20H31N3O3/c24-14-15-4-3-9-23(12-15)13-18(25)11-22-20(26)19-10-17-6-2-1-5-16(17)7-8-21-19/h1-2,5-6,15,18-19,21,24-25H,3-4,7-14H2,(H,22,26)/t15?,18-,19?/m1/s1. The molecule has 4 N–H and O–H groups in total. The van der Waals surface area contributed by atoms with Gasteiger partial charge < -0.3 is 25.7 Å². The van der Waals surface area contributed by atoms with Gasteiger partial charge in [-0.15, -0.1) is 0 Å². The number of nitrogens with one attached hydrogen (secondary N) is 2. The highest BCUT2D eigenvalue weighted by molar-refractivity contribution is 5.82. The summed E-state index contributed by atoms with van der Waals surface area (Å²) in [5.74, 6) is 0.258. The van der Waals surface area contributed by atoms with Crippen LogP contribution in [0.4, 0.5) is 0 Å². The molecule has 0 spiro atoms. The largest absolute Gasteiger partial charge is 0.396 e. The molecule has 0 bridgehead atoms. The maximum absolute atomic E-state index is 12.5. The molecule has 3 rings (SSSR count). The smallest absolute Gasteiger partial charge is 0.237 e. The quantitative estimate of drug-likeness (QED) is 0.570. The average Bonchev–Trinajstić information content (AvgIpc) is 2.88. The van der Waals surface area contributed by atoms with Crippen molar-refractivity contribution in [2.75, 3.05) is 39.3 Å². The van der Waals surface area contributed by atoms with E-state index in [-0.39, 0.29) is 25.1 Å². The summed E-state index contributed by atoms with van der Waals surface area (Å²) in [6.45, 7) is 3.56. The second-order valence-corrected chi connectivity index (χ2v) is 7.58. The first-order valence-electron chi connectivity index (χ1n) is 9.75. The molecule has 2 heterocycles. The number of amides is 1. The number of hydrogen-bond acceptors (Lipinski definition) is 5. The summed E-state index contributed by atoms with van der Waals surface area (Å²) in [5, 5.41) is 25.8. The Morgan fingerprint density at radius 2 is 2.15 bits per heavy atom. The van der Waals surface area contributed by atoms with Crippen LogP contribution in [0.25, 0.3) is 0 Å². The molecule has 2 unspecified atom stereocenters. The topological polar surface area (TPSA) is 84.8 Å². The third kappa shape index (κ3) is 5.27. The maximum atomic E-state index is 12.5. The van der Waals surface area contributed by atoms with E-state index in [1.54, 1.807) is 0 Å². The number of aliphatic hydroxyl groups excluding tert-OH is 2. The Morgan fingerprint density at radius 3 is 2.96 bits per heavy atom. The van der Waals surface area contributed by atoms with Crippen LogP contribution < -0.4 is 10.6 Å². The number of nitrogens with zero attached hydrogens (tertiary/aromatic N) is 1. The number of piperidine rings is 1. The lowest BCUT2D eigenvalue weighted by molar-refractivity contribution is -0.123. The Labute approximate surface area is 155 Å². The van der Waals surface area contributed by atoms with Crippen molar-refractivity contribution in [3.05, 3.63) is 35.4 Å². The molecule has 3 atom stereocenters. The average molecular weight is 361 g/mol. The van der Waals surface area contributed by atoms with Gasteiger partial charge in [0.1, 0.15) is 0 Å². The van der Waals surface area contributed by atoms with E-state index in [2.05, 4.69) is 27.7 Å². The molecule has 6 nitrogen and oxygen atoms in total. The third-order valence-corrected chi connectivity index (χ3v) is 5.49. The zero-order valence-corrected chi connectivity index (χ0v) is 15.4. The van der Waals surface area contributed by atoms with Gasteiger partial charge in [0.15, 0.2) is 0 Å². The van der Waals surface area contributed by atoms with Gasteiger partial charge in [0.05, 0.1) is 12.1 Å². The minimum atomic E-state index is -0.588. The van der Waals surface area contributed by atoms with Crippen molar-refractivity contribution in [3.8, 4) is 0 Å².